The third-order valence-corrected chi connectivity index (χ3v) is 9.74. The molecule has 8 nitrogen and oxygen atoms in total. The van der Waals surface area contributed by atoms with E-state index >= 15 is 0 Å². The Morgan fingerprint density at radius 1 is 1.06 bits per heavy atom. The summed E-state index contributed by atoms with van der Waals surface area (Å²) in [6, 6.07) is 7.26. The van der Waals surface area contributed by atoms with Crippen LogP contribution in [-0.2, 0) is 14.8 Å². The van der Waals surface area contributed by atoms with Gasteiger partial charge >= 0.3 is 0 Å². The van der Waals surface area contributed by atoms with Crippen molar-refractivity contribution >= 4 is 21.7 Å². The van der Waals surface area contributed by atoms with Crippen molar-refractivity contribution < 1.29 is 17.6 Å². The van der Waals surface area contributed by atoms with Gasteiger partial charge in [0, 0.05) is 24.7 Å². The van der Waals surface area contributed by atoms with Crippen LogP contribution < -0.4 is 21.5 Å². The smallest absolute Gasteiger partial charge is 0.242 e. The minimum Gasteiger partial charge on any atom is -0.384 e. The van der Waals surface area contributed by atoms with Crippen LogP contribution in [0.3, 0.4) is 0 Å². The van der Waals surface area contributed by atoms with Crippen LogP contribution in [0, 0.1) is 29.5 Å². The van der Waals surface area contributed by atoms with E-state index in [1.54, 1.807) is 0 Å². The number of halogens is 1. The second kappa shape index (κ2) is 9.15. The van der Waals surface area contributed by atoms with E-state index in [0.717, 1.165) is 43.7 Å². The number of hydrogen-bond acceptors (Lipinski definition) is 6. The molecule has 4 bridgehead atoms. The number of nitrogens with zero attached hydrogens (tertiary/aromatic N) is 1. The molecule has 0 saturated heterocycles. The number of benzene rings is 1. The van der Waals surface area contributed by atoms with Crippen molar-refractivity contribution in [3.63, 3.8) is 0 Å². The lowest BCUT2D eigenvalue weighted by Crippen LogP contribution is -2.67. The second-order valence-corrected chi connectivity index (χ2v) is 12.3. The molecular weight excluding hydrogens is 469 g/mol. The van der Waals surface area contributed by atoms with Gasteiger partial charge in [0.1, 0.15) is 16.5 Å². The van der Waals surface area contributed by atoms with E-state index in [9.17, 15) is 17.6 Å². The summed E-state index contributed by atoms with van der Waals surface area (Å²) in [4.78, 5) is 16.8. The summed E-state index contributed by atoms with van der Waals surface area (Å²) in [7, 11) is -4.01. The predicted molar refractivity (Wildman–Crippen MR) is 130 cm³/mol. The lowest BCUT2D eigenvalue weighted by atomic mass is 9.49. The summed E-state index contributed by atoms with van der Waals surface area (Å²) in [5.41, 5.74) is 12.5. The Morgan fingerprint density at radius 2 is 1.69 bits per heavy atom. The maximum Gasteiger partial charge on any atom is 0.242 e. The van der Waals surface area contributed by atoms with E-state index in [0.29, 0.717) is 23.9 Å². The van der Waals surface area contributed by atoms with Gasteiger partial charge in [-0.25, -0.2) is 22.5 Å². The van der Waals surface area contributed by atoms with E-state index in [1.807, 2.05) is 0 Å². The number of carbonyl (C=O) groups excluding carboxylic acids is 1. The Hall–Kier alpha value is -2.56. The number of aromatic nitrogens is 1. The number of amides is 1. The van der Waals surface area contributed by atoms with Crippen LogP contribution in [0.2, 0.25) is 0 Å². The van der Waals surface area contributed by atoms with Crippen LogP contribution in [0.15, 0.2) is 47.5 Å². The SMILES string of the molecule is Nc1ccc(S(=O)(=O)NC(CC(=O)NCC2(N)C3CC4CC(C3)CC2C4)c2ccc(F)cc2)cn1. The highest BCUT2D eigenvalue weighted by Gasteiger charge is 2.55. The summed E-state index contributed by atoms with van der Waals surface area (Å²) >= 11 is 0. The maximum atomic E-state index is 13.5. The quantitative estimate of drug-likeness (QED) is 0.438. The first kappa shape index (κ1) is 24.1. The van der Waals surface area contributed by atoms with Gasteiger partial charge in [-0.15, -0.1) is 0 Å². The molecule has 4 aliphatic rings. The maximum absolute atomic E-state index is 13.5. The third kappa shape index (κ3) is 4.92. The summed E-state index contributed by atoms with van der Waals surface area (Å²) in [6.45, 7) is 0.380. The predicted octanol–water partition coefficient (Wildman–Crippen LogP) is 2.48. The van der Waals surface area contributed by atoms with Crippen LogP contribution >= 0.6 is 0 Å². The fourth-order valence-corrected chi connectivity index (χ4v) is 7.76. The first-order valence-electron chi connectivity index (χ1n) is 12.2. The van der Waals surface area contributed by atoms with Crippen molar-refractivity contribution in [2.24, 2.45) is 29.4 Å². The zero-order chi connectivity index (χ0) is 24.8. The number of nitrogens with one attached hydrogen (secondary N) is 2. The number of rotatable bonds is 8. The molecule has 0 radical (unpaired) electrons. The van der Waals surface area contributed by atoms with Crippen LogP contribution in [0.5, 0.6) is 0 Å². The van der Waals surface area contributed by atoms with E-state index in [2.05, 4.69) is 15.0 Å². The molecule has 10 heteroatoms. The van der Waals surface area contributed by atoms with Gasteiger partial charge in [-0.05, 0) is 85.6 Å². The Balaban J connectivity index is 1.29. The van der Waals surface area contributed by atoms with Crippen molar-refractivity contribution in [1.82, 2.24) is 15.0 Å². The lowest BCUT2D eigenvalue weighted by molar-refractivity contribution is -0.123. The molecule has 188 valence electrons. The van der Waals surface area contributed by atoms with Crippen LogP contribution in [0.1, 0.15) is 50.1 Å². The van der Waals surface area contributed by atoms with Crippen molar-refractivity contribution in [3.8, 4) is 0 Å². The van der Waals surface area contributed by atoms with Gasteiger partial charge in [0.2, 0.25) is 15.9 Å². The summed E-state index contributed by atoms with van der Waals surface area (Å²) < 4.78 is 42.0. The summed E-state index contributed by atoms with van der Waals surface area (Å²) in [6.07, 6.45) is 6.85. The molecule has 0 spiro atoms. The van der Waals surface area contributed by atoms with Gasteiger partial charge in [0.15, 0.2) is 0 Å². The minimum absolute atomic E-state index is 0.0753. The molecule has 35 heavy (non-hydrogen) atoms. The molecule has 4 aliphatic carbocycles. The first-order chi connectivity index (χ1) is 16.6. The van der Waals surface area contributed by atoms with Gasteiger partial charge in [-0.3, -0.25) is 4.79 Å². The molecule has 4 saturated carbocycles. The summed E-state index contributed by atoms with van der Waals surface area (Å²) in [5, 5.41) is 2.99. The van der Waals surface area contributed by atoms with Crippen molar-refractivity contribution in [3.05, 3.63) is 54.0 Å². The fraction of sp³-hybridized carbons (Fsp3) is 0.520. The number of sulfonamides is 1. The van der Waals surface area contributed by atoms with E-state index in [-0.39, 0.29) is 23.0 Å². The average molecular weight is 502 g/mol. The molecule has 1 aromatic heterocycles. The van der Waals surface area contributed by atoms with Crippen LogP contribution in [0.25, 0.3) is 0 Å². The Kier molecular flexibility index (Phi) is 6.31. The largest absolute Gasteiger partial charge is 0.384 e. The molecule has 1 heterocycles. The highest BCUT2D eigenvalue weighted by Crippen LogP contribution is 2.57. The van der Waals surface area contributed by atoms with E-state index in [1.165, 1.54) is 42.8 Å². The normalized spacial score (nSPS) is 30.2. The van der Waals surface area contributed by atoms with Crippen LogP contribution in [-0.4, -0.2) is 31.4 Å². The standard InChI is InChI=1S/C25H32FN5O3S/c26-20-3-1-17(2-4-20)22(31-35(33,34)21-5-6-23(27)29-13-21)12-24(32)30-14-25(28)18-8-15-7-16(10-18)11-19(25)9-15/h1-6,13,15-16,18-19,22,31H,7-12,14,28H2,(H2,27,29)(H,30,32). The number of nitrogens with two attached hydrogens (primary N) is 2. The van der Waals surface area contributed by atoms with Crippen LogP contribution in [0.4, 0.5) is 10.2 Å². The summed E-state index contributed by atoms with van der Waals surface area (Å²) in [5.74, 6) is 1.81. The van der Waals surface area contributed by atoms with Crippen molar-refractivity contribution in [2.75, 3.05) is 12.3 Å². The molecule has 1 unspecified atom stereocenters. The van der Waals surface area contributed by atoms with Gasteiger partial charge in [0.25, 0.3) is 0 Å². The van der Waals surface area contributed by atoms with E-state index < -0.39 is 27.4 Å². The molecular formula is C25H32FN5O3S. The monoisotopic (exact) mass is 501 g/mol. The number of anilines is 1. The molecule has 6 rings (SSSR count). The third-order valence-electron chi connectivity index (χ3n) is 8.28. The van der Waals surface area contributed by atoms with Gasteiger partial charge in [0.05, 0.1) is 6.04 Å². The van der Waals surface area contributed by atoms with Gasteiger partial charge in [-0.2, -0.15) is 0 Å². The second-order valence-electron chi connectivity index (χ2n) is 10.5. The van der Waals surface area contributed by atoms with Gasteiger partial charge < -0.3 is 16.8 Å². The topological polar surface area (TPSA) is 140 Å². The number of pyridine rings is 1. The average Bonchev–Trinajstić information content (AvgIpc) is 2.81. The van der Waals surface area contributed by atoms with Crippen molar-refractivity contribution in [1.29, 1.82) is 0 Å². The Bertz CT molecular complexity index is 1160. The first-order valence-corrected chi connectivity index (χ1v) is 13.7. The number of nitrogen functional groups attached to an aromatic ring is 1. The zero-order valence-corrected chi connectivity index (χ0v) is 20.3. The Morgan fingerprint density at radius 3 is 2.26 bits per heavy atom. The van der Waals surface area contributed by atoms with Gasteiger partial charge in [-0.1, -0.05) is 12.1 Å². The minimum atomic E-state index is -4.01. The molecule has 4 fully saturated rings. The fourth-order valence-electron chi connectivity index (χ4n) is 6.59. The number of hydrogen-bond donors (Lipinski definition) is 4. The molecule has 1 amide bonds. The van der Waals surface area contributed by atoms with Crippen molar-refractivity contribution in [2.45, 2.75) is 55.0 Å². The lowest BCUT2D eigenvalue weighted by Gasteiger charge is -2.59. The van der Waals surface area contributed by atoms with E-state index in [4.69, 9.17) is 11.5 Å². The molecule has 0 aliphatic heterocycles. The molecule has 1 aromatic carbocycles. The molecule has 2 aromatic rings. The molecule has 6 N–H and O–H groups in total. The highest BCUT2D eigenvalue weighted by molar-refractivity contribution is 7.89. The number of carbonyl (C=O) groups is 1. The zero-order valence-electron chi connectivity index (χ0n) is 19.5. The Labute approximate surface area is 205 Å². The highest BCUT2D eigenvalue weighted by atomic mass is 32.2. The molecule has 1 atom stereocenters.